The number of nitrogens with one attached hydrogen (secondary N) is 2. The first-order valence-electron chi connectivity index (χ1n) is 6.94. The number of hydrazine groups is 1. The number of benzene rings is 2. The first-order chi connectivity index (χ1) is 11.5. The lowest BCUT2D eigenvalue weighted by Gasteiger charge is -2.09. The highest BCUT2D eigenvalue weighted by Gasteiger charge is 2.06. The van der Waals surface area contributed by atoms with E-state index < -0.39 is 11.8 Å². The Balaban J connectivity index is 1.74. The van der Waals surface area contributed by atoms with Gasteiger partial charge < -0.3 is 4.74 Å². The standard InChI is InChI=1S/C17H14Br2N2O3/c18-13-7-8-15(14(19)10-13)24-11-17(23)21-20-16(22)9-6-12-4-2-1-3-5-12/h1-10H,11H2,(H,20,22)(H,21,23). The zero-order valence-corrected chi connectivity index (χ0v) is 15.6. The molecule has 0 bridgehead atoms. The largest absolute Gasteiger partial charge is 0.483 e. The van der Waals surface area contributed by atoms with Crippen molar-refractivity contribution in [3.63, 3.8) is 0 Å². The molecule has 2 rings (SSSR count). The number of hydrogen-bond acceptors (Lipinski definition) is 3. The second-order valence-electron chi connectivity index (χ2n) is 4.64. The fourth-order valence-electron chi connectivity index (χ4n) is 1.68. The molecule has 0 aliphatic carbocycles. The van der Waals surface area contributed by atoms with Crippen LogP contribution >= 0.6 is 31.9 Å². The zero-order chi connectivity index (χ0) is 17.4. The highest BCUT2D eigenvalue weighted by atomic mass is 79.9. The molecule has 24 heavy (non-hydrogen) atoms. The molecule has 2 aromatic carbocycles. The maximum absolute atomic E-state index is 11.7. The summed E-state index contributed by atoms with van der Waals surface area (Å²) in [5, 5.41) is 0. The molecule has 0 radical (unpaired) electrons. The summed E-state index contributed by atoms with van der Waals surface area (Å²) < 4.78 is 6.98. The minimum atomic E-state index is -0.466. The number of ether oxygens (including phenoxy) is 1. The van der Waals surface area contributed by atoms with Crippen LogP contribution in [0.25, 0.3) is 6.08 Å². The summed E-state index contributed by atoms with van der Waals surface area (Å²) in [5.74, 6) is -0.369. The van der Waals surface area contributed by atoms with Crippen molar-refractivity contribution in [2.24, 2.45) is 0 Å². The molecular weight excluding hydrogens is 440 g/mol. The van der Waals surface area contributed by atoms with Gasteiger partial charge in [0.15, 0.2) is 6.61 Å². The summed E-state index contributed by atoms with van der Waals surface area (Å²) in [4.78, 5) is 23.3. The fourth-order valence-corrected chi connectivity index (χ4v) is 2.84. The van der Waals surface area contributed by atoms with Crippen molar-refractivity contribution in [3.8, 4) is 5.75 Å². The van der Waals surface area contributed by atoms with E-state index in [0.717, 1.165) is 14.5 Å². The van der Waals surface area contributed by atoms with Crippen LogP contribution in [0.4, 0.5) is 0 Å². The summed E-state index contributed by atoms with van der Waals surface area (Å²) in [7, 11) is 0. The van der Waals surface area contributed by atoms with E-state index in [0.29, 0.717) is 5.75 Å². The van der Waals surface area contributed by atoms with E-state index in [1.807, 2.05) is 36.4 Å². The van der Waals surface area contributed by atoms with Gasteiger partial charge in [0.05, 0.1) is 4.47 Å². The van der Waals surface area contributed by atoms with Crippen LogP contribution in [-0.2, 0) is 9.59 Å². The van der Waals surface area contributed by atoms with Crippen molar-refractivity contribution < 1.29 is 14.3 Å². The normalized spacial score (nSPS) is 10.4. The molecule has 7 heteroatoms. The summed E-state index contributed by atoms with van der Waals surface area (Å²) in [6, 6.07) is 14.7. The van der Waals surface area contributed by atoms with E-state index in [-0.39, 0.29) is 6.61 Å². The molecule has 0 aromatic heterocycles. The molecule has 2 amide bonds. The molecule has 0 atom stereocenters. The average molecular weight is 454 g/mol. The molecular formula is C17H14Br2N2O3. The maximum atomic E-state index is 11.7. The van der Waals surface area contributed by atoms with Gasteiger partial charge >= 0.3 is 0 Å². The quantitative estimate of drug-likeness (QED) is 0.538. The van der Waals surface area contributed by atoms with Gasteiger partial charge in [0.1, 0.15) is 5.75 Å². The number of carbonyl (C=O) groups is 2. The summed E-state index contributed by atoms with van der Waals surface area (Å²) >= 11 is 6.67. The molecule has 0 spiro atoms. The van der Waals surface area contributed by atoms with Crippen LogP contribution in [0.3, 0.4) is 0 Å². The zero-order valence-electron chi connectivity index (χ0n) is 12.5. The van der Waals surface area contributed by atoms with E-state index in [1.165, 1.54) is 6.08 Å². The van der Waals surface area contributed by atoms with Crippen LogP contribution in [0.5, 0.6) is 5.75 Å². The lowest BCUT2D eigenvalue weighted by atomic mass is 10.2. The molecule has 0 saturated carbocycles. The third-order valence-corrected chi connectivity index (χ3v) is 3.92. The SMILES string of the molecule is O=C(C=Cc1ccccc1)NNC(=O)COc1ccc(Br)cc1Br. The Morgan fingerprint density at radius 1 is 1.04 bits per heavy atom. The van der Waals surface area contributed by atoms with Gasteiger partial charge in [-0.1, -0.05) is 46.3 Å². The van der Waals surface area contributed by atoms with Gasteiger partial charge in [0.2, 0.25) is 0 Å². The predicted molar refractivity (Wildman–Crippen MR) is 99.1 cm³/mol. The fraction of sp³-hybridized carbons (Fsp3) is 0.0588. The summed E-state index contributed by atoms with van der Waals surface area (Å²) in [5.41, 5.74) is 5.46. The van der Waals surface area contributed by atoms with E-state index in [1.54, 1.807) is 18.2 Å². The number of halogens is 2. The van der Waals surface area contributed by atoms with Crippen molar-refractivity contribution in [2.75, 3.05) is 6.61 Å². The third kappa shape index (κ3) is 6.17. The second kappa shape index (κ2) is 9.24. The highest BCUT2D eigenvalue weighted by Crippen LogP contribution is 2.27. The number of hydrogen-bond donors (Lipinski definition) is 2. The Morgan fingerprint density at radius 2 is 1.79 bits per heavy atom. The number of amides is 2. The minimum absolute atomic E-state index is 0.219. The van der Waals surface area contributed by atoms with E-state index in [9.17, 15) is 9.59 Å². The topological polar surface area (TPSA) is 67.4 Å². The Bertz CT molecular complexity index is 749. The van der Waals surface area contributed by atoms with Crippen molar-refractivity contribution in [1.82, 2.24) is 10.9 Å². The number of rotatable bonds is 5. The van der Waals surface area contributed by atoms with Crippen LogP contribution in [0.15, 0.2) is 63.6 Å². The molecule has 2 aromatic rings. The van der Waals surface area contributed by atoms with Crippen molar-refractivity contribution in [3.05, 3.63) is 69.1 Å². The van der Waals surface area contributed by atoms with Crippen molar-refractivity contribution in [2.45, 2.75) is 0 Å². The van der Waals surface area contributed by atoms with E-state index in [4.69, 9.17) is 4.74 Å². The minimum Gasteiger partial charge on any atom is -0.483 e. The van der Waals surface area contributed by atoms with Crippen LogP contribution < -0.4 is 15.6 Å². The van der Waals surface area contributed by atoms with Crippen molar-refractivity contribution >= 4 is 49.8 Å². The van der Waals surface area contributed by atoms with Crippen LogP contribution in [-0.4, -0.2) is 18.4 Å². The molecule has 0 aliphatic rings. The van der Waals surface area contributed by atoms with Gasteiger partial charge in [-0.3, -0.25) is 20.4 Å². The van der Waals surface area contributed by atoms with E-state index in [2.05, 4.69) is 42.7 Å². The predicted octanol–water partition coefficient (Wildman–Crippen LogP) is 3.45. The van der Waals surface area contributed by atoms with Gasteiger partial charge in [-0.15, -0.1) is 0 Å². The Hall–Kier alpha value is -2.12. The molecule has 0 heterocycles. The first kappa shape index (κ1) is 18.2. The van der Waals surface area contributed by atoms with Crippen molar-refractivity contribution in [1.29, 1.82) is 0 Å². The Morgan fingerprint density at radius 3 is 2.50 bits per heavy atom. The van der Waals surface area contributed by atoms with Crippen LogP contribution in [0.1, 0.15) is 5.56 Å². The Labute approximate surface area is 156 Å². The highest BCUT2D eigenvalue weighted by molar-refractivity contribution is 9.11. The van der Waals surface area contributed by atoms with Gasteiger partial charge in [-0.25, -0.2) is 0 Å². The molecule has 2 N–H and O–H groups in total. The molecule has 0 fully saturated rings. The van der Waals surface area contributed by atoms with Gasteiger partial charge in [-0.05, 0) is 45.8 Å². The Kier molecular flexibility index (Phi) is 7.02. The summed E-state index contributed by atoms with van der Waals surface area (Å²) in [6.07, 6.45) is 2.98. The average Bonchev–Trinajstić information content (AvgIpc) is 2.58. The molecule has 0 aliphatic heterocycles. The number of carbonyl (C=O) groups excluding carboxylic acids is 2. The van der Waals surface area contributed by atoms with Crippen LogP contribution in [0.2, 0.25) is 0 Å². The third-order valence-electron chi connectivity index (χ3n) is 2.80. The maximum Gasteiger partial charge on any atom is 0.276 e. The van der Waals surface area contributed by atoms with Crippen LogP contribution in [0, 0.1) is 0 Å². The van der Waals surface area contributed by atoms with E-state index >= 15 is 0 Å². The molecule has 5 nitrogen and oxygen atoms in total. The monoisotopic (exact) mass is 452 g/mol. The lowest BCUT2D eigenvalue weighted by Crippen LogP contribution is -2.43. The van der Waals surface area contributed by atoms with Gasteiger partial charge in [0.25, 0.3) is 11.8 Å². The smallest absolute Gasteiger partial charge is 0.276 e. The lowest BCUT2D eigenvalue weighted by molar-refractivity contribution is -0.128. The van der Waals surface area contributed by atoms with Gasteiger partial charge in [-0.2, -0.15) is 0 Å². The van der Waals surface area contributed by atoms with Gasteiger partial charge in [0, 0.05) is 10.5 Å². The molecule has 0 unspecified atom stereocenters. The first-order valence-corrected chi connectivity index (χ1v) is 8.53. The molecule has 124 valence electrons. The second-order valence-corrected chi connectivity index (χ2v) is 6.41. The summed E-state index contributed by atoms with van der Waals surface area (Å²) in [6.45, 7) is -0.219. The molecule has 0 saturated heterocycles.